The smallest absolute Gasteiger partial charge is 0.255 e. The Morgan fingerprint density at radius 1 is 1.00 bits per heavy atom. The first-order valence-electron chi connectivity index (χ1n) is 14.1. The third-order valence-electron chi connectivity index (χ3n) is 7.27. The zero-order valence-corrected chi connectivity index (χ0v) is 28.8. The van der Waals surface area contributed by atoms with E-state index in [1.54, 1.807) is 69.4 Å². The molecule has 3 aromatic rings. The van der Waals surface area contributed by atoms with E-state index in [-0.39, 0.29) is 22.0 Å². The molecule has 45 heavy (non-hydrogen) atoms. The Morgan fingerprint density at radius 2 is 1.64 bits per heavy atom. The van der Waals surface area contributed by atoms with Crippen molar-refractivity contribution in [2.75, 3.05) is 28.4 Å². The van der Waals surface area contributed by atoms with Gasteiger partial charge in [-0.1, -0.05) is 26.8 Å². The van der Waals surface area contributed by atoms with E-state index in [9.17, 15) is 21.6 Å². The lowest BCUT2D eigenvalue weighted by Gasteiger charge is -2.24. The number of hydrogen-bond donors (Lipinski definition) is 4. The summed E-state index contributed by atoms with van der Waals surface area (Å²) in [5.41, 5.74) is 10.00. The Hall–Kier alpha value is -4.08. The number of aryl methyl sites for hydroxylation is 1. The number of hydrazine groups is 2. The van der Waals surface area contributed by atoms with Crippen LogP contribution in [0.4, 0.5) is 17.1 Å². The van der Waals surface area contributed by atoms with Gasteiger partial charge in [0.2, 0.25) is 25.0 Å². The Kier molecular flexibility index (Phi) is 8.78. The van der Waals surface area contributed by atoms with E-state index in [1.807, 2.05) is 27.7 Å². The maximum absolute atomic E-state index is 13.6. The lowest BCUT2D eigenvalue weighted by Crippen LogP contribution is -2.37. The number of ether oxygens (including phenoxy) is 1. The maximum atomic E-state index is 13.6. The van der Waals surface area contributed by atoms with Crippen LogP contribution < -0.4 is 30.7 Å². The largest absolute Gasteiger partial charge is 0.492 e. The number of amides is 1. The number of aromatic nitrogens is 2. The number of sulfonamides is 1. The zero-order chi connectivity index (χ0) is 33.7. The molecule has 13 nitrogen and oxygen atoms in total. The van der Waals surface area contributed by atoms with Gasteiger partial charge in [-0.05, 0) is 68.5 Å². The average molecular weight is 660 g/mol. The minimum atomic E-state index is -3.68. The van der Waals surface area contributed by atoms with Crippen LogP contribution in [0.25, 0.3) is 5.70 Å². The van der Waals surface area contributed by atoms with Crippen LogP contribution in [0.15, 0.2) is 47.9 Å². The quantitative estimate of drug-likeness (QED) is 0.277. The van der Waals surface area contributed by atoms with Crippen molar-refractivity contribution >= 4 is 48.5 Å². The molecule has 0 fully saturated rings. The molecule has 2 heterocycles. The van der Waals surface area contributed by atoms with Crippen LogP contribution >= 0.6 is 0 Å². The minimum absolute atomic E-state index is 0.0400. The molecular weight excluding hydrogens is 619 g/mol. The molecule has 0 bridgehead atoms. The van der Waals surface area contributed by atoms with E-state index in [1.165, 1.54) is 17.9 Å². The van der Waals surface area contributed by atoms with E-state index in [0.29, 0.717) is 28.3 Å². The van der Waals surface area contributed by atoms with Gasteiger partial charge >= 0.3 is 0 Å². The first-order chi connectivity index (χ1) is 20.6. The summed E-state index contributed by atoms with van der Waals surface area (Å²) in [5.74, 6) is -0.262. The van der Waals surface area contributed by atoms with Gasteiger partial charge in [0.05, 0.1) is 59.0 Å². The van der Waals surface area contributed by atoms with Gasteiger partial charge < -0.3 is 14.6 Å². The Balaban J connectivity index is 1.67. The lowest BCUT2D eigenvalue weighted by molar-refractivity contribution is 0.102. The number of nitrogens with one attached hydrogen (secondary N) is 4. The predicted octanol–water partition coefficient (Wildman–Crippen LogP) is 4.06. The van der Waals surface area contributed by atoms with Gasteiger partial charge in [-0.15, -0.1) is 5.53 Å². The predicted molar refractivity (Wildman–Crippen MR) is 176 cm³/mol. The Bertz CT molecular complexity index is 1900. The number of sulfone groups is 1. The van der Waals surface area contributed by atoms with E-state index in [4.69, 9.17) is 4.74 Å². The third-order valence-corrected chi connectivity index (χ3v) is 10.3. The number of anilines is 3. The van der Waals surface area contributed by atoms with Crippen molar-refractivity contribution in [3.63, 3.8) is 0 Å². The fourth-order valence-electron chi connectivity index (χ4n) is 4.60. The third kappa shape index (κ3) is 6.94. The molecule has 0 saturated heterocycles. The second kappa shape index (κ2) is 11.7. The van der Waals surface area contributed by atoms with Crippen molar-refractivity contribution < 1.29 is 26.4 Å². The maximum Gasteiger partial charge on any atom is 0.255 e. The van der Waals surface area contributed by atoms with Gasteiger partial charge in [-0.2, -0.15) is 0 Å². The molecule has 1 aliphatic rings. The van der Waals surface area contributed by atoms with Crippen LogP contribution in [0.2, 0.25) is 0 Å². The zero-order valence-electron chi connectivity index (χ0n) is 27.1. The van der Waals surface area contributed by atoms with Crippen molar-refractivity contribution in [3.05, 3.63) is 65.1 Å². The summed E-state index contributed by atoms with van der Waals surface area (Å²) < 4.78 is 58.8. The Labute approximate surface area is 265 Å². The topological polar surface area (TPSA) is 164 Å². The first kappa shape index (κ1) is 33.8. The molecular formula is C30H41N7O6S2. The molecule has 0 saturated carbocycles. The average Bonchev–Trinajstić information content (AvgIpc) is 3.53. The van der Waals surface area contributed by atoms with Crippen LogP contribution in [-0.2, 0) is 32.3 Å². The molecule has 1 aliphatic heterocycles. The van der Waals surface area contributed by atoms with Crippen LogP contribution in [0.5, 0.6) is 5.75 Å². The number of benzene rings is 2. The number of nitrogens with zero attached hydrogens (tertiary/aromatic N) is 3. The number of hydrogen-bond acceptors (Lipinski definition) is 10. The molecule has 0 spiro atoms. The van der Waals surface area contributed by atoms with E-state index in [0.717, 1.165) is 17.4 Å². The number of carbonyl (C=O) groups excluding carboxylic acids is 1. The highest BCUT2D eigenvalue weighted by atomic mass is 32.2. The molecule has 0 aliphatic carbocycles. The number of imidazole rings is 1. The minimum Gasteiger partial charge on any atom is -0.492 e. The van der Waals surface area contributed by atoms with E-state index < -0.39 is 30.5 Å². The highest BCUT2D eigenvalue weighted by Crippen LogP contribution is 2.39. The van der Waals surface area contributed by atoms with Gasteiger partial charge in [0.15, 0.2) is 5.75 Å². The summed E-state index contributed by atoms with van der Waals surface area (Å²) in [6.07, 6.45) is 4.28. The van der Waals surface area contributed by atoms with Crippen molar-refractivity contribution in [1.29, 1.82) is 0 Å². The molecule has 244 valence electrons. The second-order valence-corrected chi connectivity index (χ2v) is 17.3. The fourth-order valence-corrected chi connectivity index (χ4v) is 6.34. The summed E-state index contributed by atoms with van der Waals surface area (Å²) >= 11 is 0. The highest BCUT2D eigenvalue weighted by molar-refractivity contribution is 7.92. The van der Waals surface area contributed by atoms with Crippen LogP contribution in [0.1, 0.15) is 68.7 Å². The summed E-state index contributed by atoms with van der Waals surface area (Å²) in [4.78, 5) is 17.8. The standard InChI is InChI=1S/C30H41N7O6S2/c1-18-11-12-19(27(38)32-21-14-20(29(2,3)4)15-22(26(21)43-9)34-44(10,39)40)13-24(18)37-17-23(33-35-37)25-16-31-28(36(25)8)45(41,42)30(5,6)7/h11-17,33-35H,1-10H3,(H,32,38). The number of carbonyl (C=O) groups is 1. The summed E-state index contributed by atoms with van der Waals surface area (Å²) in [7, 11) is -4.27. The van der Waals surface area contributed by atoms with Gasteiger partial charge in [0, 0.05) is 12.6 Å². The van der Waals surface area contributed by atoms with Crippen LogP contribution in [-0.4, -0.2) is 50.4 Å². The molecule has 4 rings (SSSR count). The molecule has 1 aromatic heterocycles. The summed E-state index contributed by atoms with van der Waals surface area (Å²) in [6, 6.07) is 8.65. The first-order valence-corrected chi connectivity index (χ1v) is 17.4. The fraction of sp³-hybridized carbons (Fsp3) is 0.400. The summed E-state index contributed by atoms with van der Waals surface area (Å²) in [6.45, 7) is 12.7. The van der Waals surface area contributed by atoms with Crippen molar-refractivity contribution in [1.82, 2.24) is 20.5 Å². The second-order valence-electron chi connectivity index (χ2n) is 12.9. The Morgan fingerprint density at radius 3 is 2.22 bits per heavy atom. The van der Waals surface area contributed by atoms with Gasteiger partial charge in [-0.25, -0.2) is 21.8 Å². The van der Waals surface area contributed by atoms with Crippen molar-refractivity contribution in [3.8, 4) is 5.75 Å². The van der Waals surface area contributed by atoms with Crippen molar-refractivity contribution in [2.45, 2.75) is 63.8 Å². The molecule has 1 amide bonds. The monoisotopic (exact) mass is 659 g/mol. The highest BCUT2D eigenvalue weighted by Gasteiger charge is 2.35. The van der Waals surface area contributed by atoms with Crippen LogP contribution in [0.3, 0.4) is 0 Å². The van der Waals surface area contributed by atoms with E-state index >= 15 is 0 Å². The lowest BCUT2D eigenvalue weighted by atomic mass is 9.86. The van der Waals surface area contributed by atoms with Gasteiger partial charge in [0.1, 0.15) is 0 Å². The molecule has 15 heteroatoms. The molecule has 0 atom stereocenters. The van der Waals surface area contributed by atoms with E-state index in [2.05, 4.69) is 26.0 Å². The van der Waals surface area contributed by atoms with Crippen molar-refractivity contribution in [2.24, 2.45) is 7.05 Å². The van der Waals surface area contributed by atoms with Gasteiger partial charge in [-0.3, -0.25) is 20.0 Å². The SMILES string of the molecule is COc1c(NC(=O)c2ccc(C)c(N3C=C(c4cnc(S(=O)(=O)C(C)(C)C)n4C)NN3)c2)cc(C(C)(C)C)cc1NS(C)(=O)=O. The summed E-state index contributed by atoms with van der Waals surface area (Å²) in [5, 5.41) is 4.53. The molecule has 4 N–H and O–H groups in total. The number of methoxy groups -OCH3 is 1. The molecule has 0 unspecified atom stereocenters. The van der Waals surface area contributed by atoms with Gasteiger partial charge in [0.25, 0.3) is 5.91 Å². The normalized spacial score (nSPS) is 14.2. The molecule has 0 radical (unpaired) electrons. The van der Waals surface area contributed by atoms with Crippen LogP contribution in [0, 0.1) is 6.92 Å². The molecule has 2 aromatic carbocycles. The number of rotatable bonds is 8.